The highest BCUT2D eigenvalue weighted by Gasteiger charge is 2.23. The molecule has 0 radical (unpaired) electrons. The molecule has 1 rings (SSSR count). The van der Waals surface area contributed by atoms with Crippen LogP contribution in [0.4, 0.5) is 0 Å². The lowest BCUT2D eigenvalue weighted by Gasteiger charge is -2.35. The Morgan fingerprint density at radius 1 is 1.21 bits per heavy atom. The molecule has 0 saturated heterocycles. The second-order valence-electron chi connectivity index (χ2n) is 5.32. The van der Waals surface area contributed by atoms with Crippen molar-refractivity contribution in [1.82, 2.24) is 4.90 Å². The molecule has 0 saturated carbocycles. The lowest BCUT2D eigenvalue weighted by Crippen LogP contribution is -2.41. The first-order chi connectivity index (χ1) is 8.94. The second kappa shape index (κ2) is 6.78. The Hall–Kier alpha value is -1.26. The number of ether oxygens (including phenoxy) is 2. The van der Waals surface area contributed by atoms with E-state index in [4.69, 9.17) is 14.6 Å². The summed E-state index contributed by atoms with van der Waals surface area (Å²) in [7, 11) is 5.36. The van der Waals surface area contributed by atoms with Gasteiger partial charge in [-0.2, -0.15) is 0 Å². The van der Waals surface area contributed by atoms with E-state index in [0.717, 1.165) is 30.0 Å². The van der Waals surface area contributed by atoms with Gasteiger partial charge in [-0.15, -0.1) is 0 Å². The third kappa shape index (κ3) is 4.11. The Bertz CT molecular complexity index is 404. The SMILES string of the molecule is COc1ccc(CN(C)C(C)(C)CCO)c(OC)c1. The molecule has 1 aromatic rings. The number of hydrogen-bond acceptors (Lipinski definition) is 4. The van der Waals surface area contributed by atoms with Crippen LogP contribution in [0.2, 0.25) is 0 Å². The zero-order chi connectivity index (χ0) is 14.5. The second-order valence-corrected chi connectivity index (χ2v) is 5.32. The monoisotopic (exact) mass is 267 g/mol. The van der Waals surface area contributed by atoms with E-state index < -0.39 is 0 Å². The Morgan fingerprint density at radius 3 is 2.42 bits per heavy atom. The fourth-order valence-corrected chi connectivity index (χ4v) is 1.92. The molecule has 0 aromatic heterocycles. The Labute approximate surface area is 115 Å². The topological polar surface area (TPSA) is 41.9 Å². The number of aliphatic hydroxyl groups is 1. The van der Waals surface area contributed by atoms with Crippen molar-refractivity contribution in [3.05, 3.63) is 23.8 Å². The zero-order valence-electron chi connectivity index (χ0n) is 12.6. The van der Waals surface area contributed by atoms with Crippen molar-refractivity contribution in [2.45, 2.75) is 32.4 Å². The van der Waals surface area contributed by atoms with E-state index in [2.05, 4.69) is 25.8 Å². The fourth-order valence-electron chi connectivity index (χ4n) is 1.92. The largest absolute Gasteiger partial charge is 0.497 e. The van der Waals surface area contributed by atoms with Gasteiger partial charge in [0.15, 0.2) is 0 Å². The summed E-state index contributed by atoms with van der Waals surface area (Å²) in [5, 5.41) is 9.12. The summed E-state index contributed by atoms with van der Waals surface area (Å²) in [4.78, 5) is 2.22. The van der Waals surface area contributed by atoms with Gasteiger partial charge in [0.1, 0.15) is 11.5 Å². The molecule has 1 aromatic carbocycles. The standard InChI is InChI=1S/C15H25NO3/c1-15(2,8-9-17)16(3)11-12-6-7-13(18-4)10-14(12)19-5/h6-7,10,17H,8-9,11H2,1-5H3. The van der Waals surface area contributed by atoms with Crippen LogP contribution < -0.4 is 9.47 Å². The minimum Gasteiger partial charge on any atom is -0.497 e. The van der Waals surface area contributed by atoms with Crippen molar-refractivity contribution in [3.63, 3.8) is 0 Å². The molecule has 0 aliphatic rings. The summed E-state index contributed by atoms with van der Waals surface area (Å²) >= 11 is 0. The Kier molecular flexibility index (Phi) is 5.63. The highest BCUT2D eigenvalue weighted by molar-refractivity contribution is 5.40. The molecular weight excluding hydrogens is 242 g/mol. The number of rotatable bonds is 7. The van der Waals surface area contributed by atoms with Crippen molar-refractivity contribution >= 4 is 0 Å². The molecule has 0 aliphatic heterocycles. The van der Waals surface area contributed by atoms with Gasteiger partial charge in [-0.25, -0.2) is 0 Å². The predicted molar refractivity (Wildman–Crippen MR) is 76.8 cm³/mol. The van der Waals surface area contributed by atoms with Gasteiger partial charge >= 0.3 is 0 Å². The zero-order valence-corrected chi connectivity index (χ0v) is 12.6. The molecule has 0 aliphatic carbocycles. The van der Waals surface area contributed by atoms with E-state index in [-0.39, 0.29) is 12.1 Å². The highest BCUT2D eigenvalue weighted by Crippen LogP contribution is 2.28. The summed E-state index contributed by atoms with van der Waals surface area (Å²) in [6, 6.07) is 5.84. The van der Waals surface area contributed by atoms with Crippen molar-refractivity contribution in [1.29, 1.82) is 0 Å². The molecule has 4 nitrogen and oxygen atoms in total. The number of benzene rings is 1. The molecule has 0 spiro atoms. The van der Waals surface area contributed by atoms with Crippen LogP contribution in [0.25, 0.3) is 0 Å². The number of methoxy groups -OCH3 is 2. The van der Waals surface area contributed by atoms with Gasteiger partial charge in [0, 0.05) is 30.3 Å². The van der Waals surface area contributed by atoms with Crippen LogP contribution in [0, 0.1) is 0 Å². The molecule has 0 atom stereocenters. The van der Waals surface area contributed by atoms with Crippen LogP contribution in [0.5, 0.6) is 11.5 Å². The van der Waals surface area contributed by atoms with Gasteiger partial charge in [0.2, 0.25) is 0 Å². The van der Waals surface area contributed by atoms with E-state index in [0.29, 0.717) is 0 Å². The Morgan fingerprint density at radius 2 is 1.89 bits per heavy atom. The van der Waals surface area contributed by atoms with Crippen LogP contribution in [0.15, 0.2) is 18.2 Å². The van der Waals surface area contributed by atoms with Crippen molar-refractivity contribution in [2.75, 3.05) is 27.9 Å². The number of aliphatic hydroxyl groups excluding tert-OH is 1. The molecule has 0 fully saturated rings. The van der Waals surface area contributed by atoms with Crippen LogP contribution in [0.3, 0.4) is 0 Å². The predicted octanol–water partition coefficient (Wildman–Crippen LogP) is 2.30. The average Bonchev–Trinajstić information content (AvgIpc) is 2.39. The first-order valence-electron chi connectivity index (χ1n) is 6.47. The third-order valence-electron chi connectivity index (χ3n) is 3.66. The van der Waals surface area contributed by atoms with Crippen LogP contribution in [-0.2, 0) is 6.54 Å². The number of nitrogens with zero attached hydrogens (tertiary/aromatic N) is 1. The highest BCUT2D eigenvalue weighted by atomic mass is 16.5. The van der Waals surface area contributed by atoms with Gasteiger partial charge in [-0.1, -0.05) is 6.07 Å². The van der Waals surface area contributed by atoms with Crippen molar-refractivity contribution in [2.24, 2.45) is 0 Å². The molecular formula is C15H25NO3. The normalized spacial score (nSPS) is 11.7. The summed E-state index contributed by atoms with van der Waals surface area (Å²) < 4.78 is 10.6. The lowest BCUT2D eigenvalue weighted by molar-refractivity contribution is 0.109. The first-order valence-corrected chi connectivity index (χ1v) is 6.47. The molecule has 0 heterocycles. The van der Waals surface area contributed by atoms with Crippen molar-refractivity contribution < 1.29 is 14.6 Å². The summed E-state index contributed by atoms with van der Waals surface area (Å²) in [6.07, 6.45) is 0.738. The molecule has 0 bridgehead atoms. The third-order valence-corrected chi connectivity index (χ3v) is 3.66. The van der Waals surface area contributed by atoms with E-state index in [1.54, 1.807) is 14.2 Å². The smallest absolute Gasteiger partial charge is 0.127 e. The summed E-state index contributed by atoms with van der Waals surface area (Å²) in [5.74, 6) is 1.61. The van der Waals surface area contributed by atoms with Gasteiger partial charge in [0.25, 0.3) is 0 Å². The maximum atomic E-state index is 9.12. The van der Waals surface area contributed by atoms with E-state index in [1.165, 1.54) is 0 Å². The quantitative estimate of drug-likeness (QED) is 0.823. The average molecular weight is 267 g/mol. The van der Waals surface area contributed by atoms with Gasteiger partial charge < -0.3 is 14.6 Å². The minimum atomic E-state index is -0.0559. The molecule has 1 N–H and O–H groups in total. The minimum absolute atomic E-state index is 0.0559. The number of hydrogen-bond donors (Lipinski definition) is 1. The molecule has 108 valence electrons. The van der Waals surface area contributed by atoms with E-state index in [9.17, 15) is 0 Å². The molecule has 0 unspecified atom stereocenters. The Balaban J connectivity index is 2.87. The van der Waals surface area contributed by atoms with Gasteiger partial charge in [-0.3, -0.25) is 4.90 Å². The first kappa shape index (κ1) is 15.8. The van der Waals surface area contributed by atoms with Gasteiger partial charge in [-0.05, 0) is 33.4 Å². The fraction of sp³-hybridized carbons (Fsp3) is 0.600. The molecule has 19 heavy (non-hydrogen) atoms. The molecule has 4 heteroatoms. The molecule has 0 amide bonds. The van der Waals surface area contributed by atoms with Crippen LogP contribution in [-0.4, -0.2) is 43.4 Å². The van der Waals surface area contributed by atoms with Crippen molar-refractivity contribution in [3.8, 4) is 11.5 Å². The maximum Gasteiger partial charge on any atom is 0.127 e. The summed E-state index contributed by atoms with van der Waals surface area (Å²) in [6.45, 7) is 5.20. The maximum absolute atomic E-state index is 9.12. The summed E-state index contributed by atoms with van der Waals surface area (Å²) in [5.41, 5.74) is 1.05. The lowest BCUT2D eigenvalue weighted by atomic mass is 9.98. The van der Waals surface area contributed by atoms with E-state index >= 15 is 0 Å². The van der Waals surface area contributed by atoms with Crippen LogP contribution in [0.1, 0.15) is 25.8 Å². The van der Waals surface area contributed by atoms with Crippen LogP contribution >= 0.6 is 0 Å². The van der Waals surface area contributed by atoms with Gasteiger partial charge in [0.05, 0.1) is 14.2 Å². The van der Waals surface area contributed by atoms with E-state index in [1.807, 2.05) is 18.2 Å².